The summed E-state index contributed by atoms with van der Waals surface area (Å²) in [5.74, 6) is -0.0963. The zero-order valence-electron chi connectivity index (χ0n) is 14.4. The highest BCUT2D eigenvalue weighted by Gasteiger charge is 2.21. The Kier molecular flexibility index (Phi) is 6.07. The van der Waals surface area contributed by atoms with Gasteiger partial charge in [0.2, 0.25) is 6.41 Å². The number of pyridine rings is 1. The van der Waals surface area contributed by atoms with Crippen molar-refractivity contribution in [1.29, 1.82) is 0 Å². The topological polar surface area (TPSA) is 65.5 Å². The summed E-state index contributed by atoms with van der Waals surface area (Å²) in [6.45, 7) is 2.97. The van der Waals surface area contributed by atoms with Crippen LogP contribution >= 0.6 is 11.6 Å². The lowest BCUT2D eigenvalue weighted by Crippen LogP contribution is -2.48. The third kappa shape index (κ3) is 4.73. The number of benzene rings is 1. The Morgan fingerprint density at radius 1 is 1.19 bits per heavy atom. The van der Waals surface area contributed by atoms with E-state index in [2.05, 4.69) is 10.3 Å². The lowest BCUT2D eigenvalue weighted by Gasteiger charge is -2.32. The molecule has 1 aliphatic rings. The molecule has 2 aromatic rings. The Morgan fingerprint density at radius 2 is 2.00 bits per heavy atom. The second kappa shape index (κ2) is 8.67. The SMILES string of the molecule is O=CN1CCN(C(=O)c2ccc(NCCc3cccc(Cl)c3)cn2)CC1. The molecule has 7 heteroatoms. The van der Waals surface area contributed by atoms with Gasteiger partial charge in [-0.2, -0.15) is 0 Å². The molecule has 2 heterocycles. The minimum absolute atomic E-state index is 0.0963. The van der Waals surface area contributed by atoms with Crippen molar-refractivity contribution in [3.8, 4) is 0 Å². The van der Waals surface area contributed by atoms with Crippen LogP contribution in [0, 0.1) is 0 Å². The number of aromatic nitrogens is 1. The van der Waals surface area contributed by atoms with Gasteiger partial charge in [-0.25, -0.2) is 4.98 Å². The smallest absolute Gasteiger partial charge is 0.272 e. The van der Waals surface area contributed by atoms with Gasteiger partial charge in [0.15, 0.2) is 0 Å². The Bertz CT molecular complexity index is 758. The van der Waals surface area contributed by atoms with Crippen LogP contribution < -0.4 is 5.32 Å². The summed E-state index contributed by atoms with van der Waals surface area (Å²) in [7, 11) is 0. The molecule has 1 aromatic carbocycles. The van der Waals surface area contributed by atoms with Crippen molar-refractivity contribution in [3.05, 3.63) is 58.9 Å². The van der Waals surface area contributed by atoms with Crippen molar-refractivity contribution in [1.82, 2.24) is 14.8 Å². The fourth-order valence-electron chi connectivity index (χ4n) is 2.86. The maximum Gasteiger partial charge on any atom is 0.272 e. The zero-order chi connectivity index (χ0) is 18.4. The van der Waals surface area contributed by atoms with Gasteiger partial charge < -0.3 is 15.1 Å². The molecule has 3 rings (SSSR count). The molecule has 1 saturated heterocycles. The number of hydrogen-bond acceptors (Lipinski definition) is 4. The van der Waals surface area contributed by atoms with E-state index in [-0.39, 0.29) is 5.91 Å². The molecule has 26 heavy (non-hydrogen) atoms. The highest BCUT2D eigenvalue weighted by atomic mass is 35.5. The standard InChI is InChI=1S/C19H21ClN4O2/c20-16-3-1-2-15(12-16)6-7-21-17-4-5-18(22-13-17)19(26)24-10-8-23(14-25)9-11-24/h1-5,12-14,21H,6-11H2. The lowest BCUT2D eigenvalue weighted by molar-refractivity contribution is -0.119. The molecule has 136 valence electrons. The number of piperazine rings is 1. The van der Waals surface area contributed by atoms with Crippen molar-refractivity contribution < 1.29 is 9.59 Å². The molecule has 0 unspecified atom stereocenters. The van der Waals surface area contributed by atoms with E-state index < -0.39 is 0 Å². The molecular weight excluding hydrogens is 352 g/mol. The van der Waals surface area contributed by atoms with Crippen LogP contribution in [0.15, 0.2) is 42.6 Å². The van der Waals surface area contributed by atoms with Crippen LogP contribution in [0.3, 0.4) is 0 Å². The number of nitrogens with zero attached hydrogens (tertiary/aromatic N) is 3. The zero-order valence-corrected chi connectivity index (χ0v) is 15.2. The predicted molar refractivity (Wildman–Crippen MR) is 101 cm³/mol. The molecule has 0 saturated carbocycles. The highest BCUT2D eigenvalue weighted by molar-refractivity contribution is 6.30. The van der Waals surface area contributed by atoms with Crippen LogP contribution in [-0.2, 0) is 11.2 Å². The summed E-state index contributed by atoms with van der Waals surface area (Å²) in [5.41, 5.74) is 2.46. The number of amides is 2. The van der Waals surface area contributed by atoms with Crippen molar-refractivity contribution in [3.63, 3.8) is 0 Å². The quantitative estimate of drug-likeness (QED) is 0.790. The van der Waals surface area contributed by atoms with Gasteiger partial charge in [-0.3, -0.25) is 9.59 Å². The summed E-state index contributed by atoms with van der Waals surface area (Å²) in [6.07, 6.45) is 3.35. The van der Waals surface area contributed by atoms with Gasteiger partial charge in [-0.1, -0.05) is 23.7 Å². The number of carbonyl (C=O) groups is 2. The third-order valence-electron chi connectivity index (χ3n) is 4.36. The second-order valence-corrected chi connectivity index (χ2v) is 6.61. The average Bonchev–Trinajstić information content (AvgIpc) is 2.68. The molecule has 1 aromatic heterocycles. The number of carbonyl (C=O) groups excluding carboxylic acids is 2. The van der Waals surface area contributed by atoms with Gasteiger partial charge in [0, 0.05) is 37.7 Å². The van der Waals surface area contributed by atoms with E-state index in [9.17, 15) is 9.59 Å². The number of nitrogens with one attached hydrogen (secondary N) is 1. The van der Waals surface area contributed by atoms with E-state index in [4.69, 9.17) is 11.6 Å². The van der Waals surface area contributed by atoms with Crippen molar-refractivity contribution in [2.45, 2.75) is 6.42 Å². The van der Waals surface area contributed by atoms with E-state index in [0.29, 0.717) is 31.9 Å². The fraction of sp³-hybridized carbons (Fsp3) is 0.316. The van der Waals surface area contributed by atoms with E-state index in [1.807, 2.05) is 30.3 Å². The van der Waals surface area contributed by atoms with E-state index >= 15 is 0 Å². The molecule has 0 aliphatic carbocycles. The van der Waals surface area contributed by atoms with E-state index in [1.54, 1.807) is 22.1 Å². The van der Waals surface area contributed by atoms with E-state index in [1.165, 1.54) is 5.56 Å². The van der Waals surface area contributed by atoms with Crippen LogP contribution in [0.25, 0.3) is 0 Å². The molecule has 1 N–H and O–H groups in total. The average molecular weight is 373 g/mol. The first kappa shape index (κ1) is 18.2. The molecule has 0 spiro atoms. The Morgan fingerprint density at radius 3 is 2.65 bits per heavy atom. The van der Waals surface area contributed by atoms with Crippen molar-refractivity contribution >= 4 is 29.6 Å². The van der Waals surface area contributed by atoms with Gasteiger partial charge >= 0.3 is 0 Å². The van der Waals surface area contributed by atoms with Crippen LogP contribution in [0.1, 0.15) is 16.1 Å². The van der Waals surface area contributed by atoms with Crippen molar-refractivity contribution in [2.75, 3.05) is 38.0 Å². The van der Waals surface area contributed by atoms with Gasteiger partial charge in [0.05, 0.1) is 11.9 Å². The summed E-state index contributed by atoms with van der Waals surface area (Å²) in [4.78, 5) is 30.9. The van der Waals surface area contributed by atoms with E-state index in [0.717, 1.165) is 30.1 Å². The molecule has 0 atom stereocenters. The number of rotatable bonds is 6. The Labute approximate surface area is 157 Å². The number of hydrogen-bond donors (Lipinski definition) is 1. The highest BCUT2D eigenvalue weighted by Crippen LogP contribution is 2.13. The molecule has 1 fully saturated rings. The van der Waals surface area contributed by atoms with Crippen molar-refractivity contribution in [2.24, 2.45) is 0 Å². The fourth-order valence-corrected chi connectivity index (χ4v) is 3.07. The van der Waals surface area contributed by atoms with Gasteiger partial charge in [0.25, 0.3) is 5.91 Å². The molecule has 1 aliphatic heterocycles. The molecular formula is C19H21ClN4O2. The predicted octanol–water partition coefficient (Wildman–Crippen LogP) is 2.30. The monoisotopic (exact) mass is 372 g/mol. The number of anilines is 1. The summed E-state index contributed by atoms with van der Waals surface area (Å²) < 4.78 is 0. The second-order valence-electron chi connectivity index (χ2n) is 6.17. The summed E-state index contributed by atoms with van der Waals surface area (Å²) in [6, 6.07) is 11.4. The summed E-state index contributed by atoms with van der Waals surface area (Å²) in [5, 5.41) is 4.03. The first-order valence-electron chi connectivity index (χ1n) is 8.59. The number of halogens is 1. The maximum atomic E-state index is 12.5. The summed E-state index contributed by atoms with van der Waals surface area (Å²) >= 11 is 5.98. The minimum Gasteiger partial charge on any atom is -0.383 e. The minimum atomic E-state index is -0.0963. The normalized spacial score (nSPS) is 14.2. The lowest BCUT2D eigenvalue weighted by atomic mass is 10.1. The maximum absolute atomic E-state index is 12.5. The third-order valence-corrected chi connectivity index (χ3v) is 4.60. The van der Waals surface area contributed by atoms with Crippen LogP contribution in [0.4, 0.5) is 5.69 Å². The van der Waals surface area contributed by atoms with Gasteiger partial charge in [0.1, 0.15) is 5.69 Å². The molecule has 0 radical (unpaired) electrons. The van der Waals surface area contributed by atoms with Crippen LogP contribution in [0.2, 0.25) is 5.02 Å². The Hall–Kier alpha value is -2.60. The molecule has 2 amide bonds. The van der Waals surface area contributed by atoms with Crippen LogP contribution in [-0.4, -0.2) is 59.8 Å². The molecule has 0 bridgehead atoms. The Balaban J connectivity index is 1.50. The van der Waals surface area contributed by atoms with Gasteiger partial charge in [-0.15, -0.1) is 0 Å². The first-order valence-corrected chi connectivity index (χ1v) is 8.96. The first-order chi connectivity index (χ1) is 12.7. The largest absolute Gasteiger partial charge is 0.383 e. The van der Waals surface area contributed by atoms with Gasteiger partial charge in [-0.05, 0) is 36.2 Å². The molecule has 6 nitrogen and oxygen atoms in total. The van der Waals surface area contributed by atoms with Crippen LogP contribution in [0.5, 0.6) is 0 Å².